The number of fused-ring (bicyclic) bond motifs is 1. The van der Waals surface area contributed by atoms with E-state index in [0.29, 0.717) is 23.7 Å². The maximum absolute atomic E-state index is 13.0. The predicted octanol–water partition coefficient (Wildman–Crippen LogP) is 6.41. The van der Waals surface area contributed by atoms with Crippen molar-refractivity contribution in [2.24, 2.45) is 0 Å². The highest BCUT2D eigenvalue weighted by atomic mass is 35.5. The quantitative estimate of drug-likeness (QED) is 0.328. The van der Waals surface area contributed by atoms with Gasteiger partial charge < -0.3 is 10.1 Å². The average Bonchev–Trinajstić information content (AvgIpc) is 2.81. The van der Waals surface area contributed by atoms with Gasteiger partial charge in [-0.05, 0) is 67.4 Å². The van der Waals surface area contributed by atoms with E-state index < -0.39 is 0 Å². The molecule has 0 aliphatic rings. The molecule has 4 nitrogen and oxygen atoms in total. The van der Waals surface area contributed by atoms with Crippen molar-refractivity contribution in [2.75, 3.05) is 13.2 Å². The van der Waals surface area contributed by atoms with E-state index in [4.69, 9.17) is 21.3 Å². The number of nitrogens with one attached hydrogen (secondary N) is 1. The van der Waals surface area contributed by atoms with Crippen molar-refractivity contribution in [3.8, 4) is 5.75 Å². The van der Waals surface area contributed by atoms with Crippen LogP contribution in [0.15, 0.2) is 88.8 Å². The number of para-hydroxylation sites is 1. The molecule has 0 unspecified atom stereocenters. The number of pyridine rings is 1. The Balaban J connectivity index is 1.52. The highest BCUT2D eigenvalue weighted by Gasteiger charge is 2.13. The van der Waals surface area contributed by atoms with Gasteiger partial charge in [0.2, 0.25) is 0 Å². The zero-order valence-corrected chi connectivity index (χ0v) is 19.2. The molecule has 0 atom stereocenters. The van der Waals surface area contributed by atoms with Crippen LogP contribution in [0, 0.1) is 0 Å². The normalized spacial score (nSPS) is 10.8. The summed E-state index contributed by atoms with van der Waals surface area (Å²) in [5.41, 5.74) is 2.55. The molecule has 0 saturated heterocycles. The number of hydrogen-bond donors (Lipinski definition) is 1. The van der Waals surface area contributed by atoms with E-state index in [2.05, 4.69) is 5.32 Å². The molecule has 162 valence electrons. The van der Waals surface area contributed by atoms with E-state index in [9.17, 15) is 4.79 Å². The average molecular weight is 463 g/mol. The van der Waals surface area contributed by atoms with Crippen LogP contribution in [0.2, 0.25) is 5.02 Å². The number of carbonyl (C=O) groups is 1. The number of nitrogens with zero attached hydrogens (tertiary/aromatic N) is 1. The van der Waals surface area contributed by atoms with Gasteiger partial charge >= 0.3 is 0 Å². The minimum atomic E-state index is -0.105. The first kappa shape index (κ1) is 22.2. The molecule has 0 spiro atoms. The van der Waals surface area contributed by atoms with Crippen molar-refractivity contribution in [1.82, 2.24) is 10.3 Å². The lowest BCUT2D eigenvalue weighted by atomic mass is 10.1. The third kappa shape index (κ3) is 5.61. The lowest BCUT2D eigenvalue weighted by Gasteiger charge is -2.11. The van der Waals surface area contributed by atoms with Gasteiger partial charge in [0.25, 0.3) is 5.91 Å². The Morgan fingerprint density at radius 3 is 2.53 bits per heavy atom. The Morgan fingerprint density at radius 1 is 1.03 bits per heavy atom. The molecular weight excluding hydrogens is 440 g/mol. The van der Waals surface area contributed by atoms with Crippen LogP contribution in [0.25, 0.3) is 10.9 Å². The first-order chi connectivity index (χ1) is 15.6. The second-order valence-corrected chi connectivity index (χ2v) is 8.69. The van der Waals surface area contributed by atoms with Crippen LogP contribution in [0.5, 0.6) is 5.75 Å². The first-order valence-corrected chi connectivity index (χ1v) is 11.6. The van der Waals surface area contributed by atoms with Gasteiger partial charge in [-0.2, -0.15) is 0 Å². The number of carbonyl (C=O) groups excluding carboxylic acids is 1. The van der Waals surface area contributed by atoms with Crippen molar-refractivity contribution >= 4 is 40.2 Å². The van der Waals surface area contributed by atoms with Crippen molar-refractivity contribution < 1.29 is 9.53 Å². The maximum atomic E-state index is 13.0. The van der Waals surface area contributed by atoms with Crippen LogP contribution in [-0.4, -0.2) is 24.0 Å². The molecule has 1 heterocycles. The summed E-state index contributed by atoms with van der Waals surface area (Å²) in [6.07, 6.45) is 0.736. The summed E-state index contributed by atoms with van der Waals surface area (Å²) in [6, 6.07) is 25.1. The summed E-state index contributed by atoms with van der Waals surface area (Å²) in [4.78, 5) is 18.8. The topological polar surface area (TPSA) is 51.2 Å². The summed E-state index contributed by atoms with van der Waals surface area (Å²) in [6.45, 7) is 3.14. The van der Waals surface area contributed by atoms with Crippen LogP contribution in [-0.2, 0) is 6.42 Å². The van der Waals surface area contributed by atoms with Crippen LogP contribution in [0.1, 0.15) is 22.8 Å². The summed E-state index contributed by atoms with van der Waals surface area (Å²) < 4.78 is 5.51. The van der Waals surface area contributed by atoms with Crippen LogP contribution in [0.4, 0.5) is 0 Å². The van der Waals surface area contributed by atoms with E-state index in [0.717, 1.165) is 38.6 Å². The largest absolute Gasteiger partial charge is 0.494 e. The third-order valence-electron chi connectivity index (χ3n) is 4.91. The van der Waals surface area contributed by atoms with Gasteiger partial charge in [0.15, 0.2) is 0 Å². The standard InChI is InChI=1S/C26H23ClN2O2S/c1-2-31-20-11-13-21(14-12-20)32-25-17-23(22-5-3-4-6-24(22)29-25)26(30)28-16-15-18-7-9-19(27)10-8-18/h3-14,17H,2,15-16H2,1H3,(H,28,30). The molecule has 1 aromatic heterocycles. The highest BCUT2D eigenvalue weighted by Crippen LogP contribution is 2.31. The smallest absolute Gasteiger partial charge is 0.252 e. The molecule has 0 radical (unpaired) electrons. The monoisotopic (exact) mass is 462 g/mol. The zero-order chi connectivity index (χ0) is 22.3. The van der Waals surface area contributed by atoms with Crippen molar-refractivity contribution in [1.29, 1.82) is 0 Å². The molecule has 3 aromatic carbocycles. The Bertz CT molecular complexity index is 1210. The van der Waals surface area contributed by atoms with Crippen molar-refractivity contribution in [2.45, 2.75) is 23.3 Å². The lowest BCUT2D eigenvalue weighted by molar-refractivity contribution is 0.0955. The molecule has 4 rings (SSSR count). The second kappa shape index (κ2) is 10.5. The molecule has 0 bridgehead atoms. The number of amides is 1. The fraction of sp³-hybridized carbons (Fsp3) is 0.154. The second-order valence-electron chi connectivity index (χ2n) is 7.16. The van der Waals surface area contributed by atoms with Crippen molar-refractivity contribution in [3.05, 3.63) is 95.0 Å². The fourth-order valence-corrected chi connectivity index (χ4v) is 4.31. The van der Waals surface area contributed by atoms with Crippen LogP contribution in [0.3, 0.4) is 0 Å². The molecule has 0 aliphatic carbocycles. The minimum absolute atomic E-state index is 0.105. The number of benzene rings is 3. The van der Waals surface area contributed by atoms with Gasteiger partial charge in [-0.15, -0.1) is 0 Å². The van der Waals surface area contributed by atoms with Gasteiger partial charge in [0, 0.05) is 21.8 Å². The molecular formula is C26H23ClN2O2S. The van der Waals surface area contributed by atoms with E-state index >= 15 is 0 Å². The predicted molar refractivity (Wildman–Crippen MR) is 131 cm³/mol. The zero-order valence-electron chi connectivity index (χ0n) is 17.7. The number of halogens is 1. The Hall–Kier alpha value is -3.02. The maximum Gasteiger partial charge on any atom is 0.252 e. The summed E-state index contributed by atoms with van der Waals surface area (Å²) in [5, 5.41) is 5.36. The van der Waals surface area contributed by atoms with Gasteiger partial charge in [0.1, 0.15) is 10.8 Å². The molecule has 1 amide bonds. The first-order valence-electron chi connectivity index (χ1n) is 10.5. The SMILES string of the molecule is CCOc1ccc(Sc2cc(C(=O)NCCc3ccc(Cl)cc3)c3ccccc3n2)cc1. The summed E-state index contributed by atoms with van der Waals surface area (Å²) in [5.74, 6) is 0.732. The van der Waals surface area contributed by atoms with Crippen molar-refractivity contribution in [3.63, 3.8) is 0 Å². The number of rotatable bonds is 8. The minimum Gasteiger partial charge on any atom is -0.494 e. The Labute approximate surface area is 197 Å². The van der Waals surface area contributed by atoms with Crippen LogP contribution < -0.4 is 10.1 Å². The fourth-order valence-electron chi connectivity index (χ4n) is 3.35. The Morgan fingerprint density at radius 2 is 1.78 bits per heavy atom. The van der Waals surface area contributed by atoms with Crippen LogP contribution >= 0.6 is 23.4 Å². The van der Waals surface area contributed by atoms with Gasteiger partial charge in [-0.1, -0.05) is 53.7 Å². The molecule has 4 aromatic rings. The third-order valence-corrected chi connectivity index (χ3v) is 6.09. The summed E-state index contributed by atoms with van der Waals surface area (Å²) >= 11 is 7.47. The molecule has 32 heavy (non-hydrogen) atoms. The molecule has 6 heteroatoms. The number of ether oxygens (including phenoxy) is 1. The molecule has 0 fully saturated rings. The Kier molecular flexibility index (Phi) is 7.30. The number of aromatic nitrogens is 1. The number of hydrogen-bond acceptors (Lipinski definition) is 4. The van der Waals surface area contributed by atoms with E-state index in [1.807, 2.05) is 85.8 Å². The lowest BCUT2D eigenvalue weighted by Crippen LogP contribution is -2.26. The van der Waals surface area contributed by atoms with Gasteiger partial charge in [-0.25, -0.2) is 4.98 Å². The van der Waals surface area contributed by atoms with Gasteiger partial charge in [0.05, 0.1) is 17.7 Å². The molecule has 1 N–H and O–H groups in total. The molecule has 0 aliphatic heterocycles. The summed E-state index contributed by atoms with van der Waals surface area (Å²) in [7, 11) is 0. The van der Waals surface area contributed by atoms with E-state index in [-0.39, 0.29) is 5.91 Å². The highest BCUT2D eigenvalue weighted by molar-refractivity contribution is 7.99. The van der Waals surface area contributed by atoms with Gasteiger partial charge in [-0.3, -0.25) is 4.79 Å². The molecule has 0 saturated carbocycles. The van der Waals surface area contributed by atoms with E-state index in [1.54, 1.807) is 0 Å². The van der Waals surface area contributed by atoms with E-state index in [1.165, 1.54) is 11.8 Å².